The first kappa shape index (κ1) is 21.8. The minimum atomic E-state index is 0.512. The van der Waals surface area contributed by atoms with Gasteiger partial charge in [0.1, 0.15) is 0 Å². The van der Waals surface area contributed by atoms with E-state index in [2.05, 4.69) is 12.1 Å². The van der Waals surface area contributed by atoms with Crippen LogP contribution in [0.4, 0.5) is 0 Å². The second-order valence-electron chi connectivity index (χ2n) is 5.45. The second kappa shape index (κ2) is 23.6. The maximum atomic E-state index is 9.87. The number of hydrogen-bond donors (Lipinski definition) is 1. The topological polar surface area (TPSA) is 80.1 Å². The average Bonchev–Trinajstić information content (AvgIpc) is 2.50. The third kappa shape index (κ3) is 22.7. The molecule has 4 heteroatoms. The van der Waals surface area contributed by atoms with Gasteiger partial charge in [-0.05, 0) is 6.42 Å². The van der Waals surface area contributed by atoms with Gasteiger partial charge in [0.2, 0.25) is 0 Å². The molecule has 0 atom stereocenters. The Bertz CT molecular complexity index is 167. The third-order valence-electron chi connectivity index (χ3n) is 3.60. The summed E-state index contributed by atoms with van der Waals surface area (Å²) in [4.78, 5) is 9.87. The van der Waals surface area contributed by atoms with Gasteiger partial charge >= 0.3 is 0 Å². The van der Waals surface area contributed by atoms with Crippen LogP contribution in [0.3, 0.4) is 0 Å². The zero-order valence-electron chi connectivity index (χ0n) is 13.6. The summed E-state index contributed by atoms with van der Waals surface area (Å²) in [5.74, 6) is 2.00. The zero-order chi connectivity index (χ0) is 15.3. The first-order valence-electron chi connectivity index (χ1n) is 8.49. The van der Waals surface area contributed by atoms with Gasteiger partial charge in [-0.15, -0.1) is 0 Å². The molecule has 0 aromatic rings. The van der Waals surface area contributed by atoms with Gasteiger partial charge in [0.25, 0.3) is 0 Å². The first-order chi connectivity index (χ1) is 9.91. The number of nitrogens with zero attached hydrogens (tertiary/aromatic N) is 1. The van der Waals surface area contributed by atoms with Crippen LogP contribution in [0.1, 0.15) is 96.8 Å². The highest BCUT2D eigenvalue weighted by Crippen LogP contribution is 2.12. The fourth-order valence-electron chi connectivity index (χ4n) is 2.37. The summed E-state index contributed by atoms with van der Waals surface area (Å²) in [6, 6.07) is 0. The van der Waals surface area contributed by atoms with Crippen molar-refractivity contribution in [3.05, 3.63) is 10.1 Å². The molecule has 3 N–H and O–H groups in total. The van der Waals surface area contributed by atoms with E-state index in [4.69, 9.17) is 5.21 Å². The van der Waals surface area contributed by atoms with Crippen LogP contribution in [0.5, 0.6) is 0 Å². The molecule has 4 nitrogen and oxygen atoms in total. The molecule has 0 unspecified atom stereocenters. The monoisotopic (exact) mass is 288 g/mol. The standard InChI is InChI=1S/C16H33NO.H3NO/c1-2-3-4-5-6-7-8-9-10-11-12-13-14-15-16-17-18;1-2/h2-16H2,1H3;1H3. The van der Waals surface area contributed by atoms with Crippen molar-refractivity contribution in [3.8, 4) is 0 Å². The molecule has 0 amide bonds. The molecule has 0 spiro atoms. The summed E-state index contributed by atoms with van der Waals surface area (Å²) in [5.41, 5.74) is 0. The van der Waals surface area contributed by atoms with E-state index in [9.17, 15) is 4.91 Å². The van der Waals surface area contributed by atoms with Gasteiger partial charge in [0, 0.05) is 0 Å². The summed E-state index contributed by atoms with van der Waals surface area (Å²) in [5, 5.41) is 10.9. The van der Waals surface area contributed by atoms with Gasteiger partial charge in [-0.1, -0.05) is 95.6 Å². The maximum absolute atomic E-state index is 9.87. The molecule has 0 fully saturated rings. The molecule has 0 aromatic carbocycles. The Morgan fingerprint density at radius 2 is 0.950 bits per heavy atom. The van der Waals surface area contributed by atoms with Crippen LogP contribution >= 0.6 is 0 Å². The molecule has 20 heavy (non-hydrogen) atoms. The predicted octanol–water partition coefficient (Wildman–Crippen LogP) is 4.96. The van der Waals surface area contributed by atoms with Crippen molar-refractivity contribution in [1.82, 2.24) is 0 Å². The van der Waals surface area contributed by atoms with Crippen molar-refractivity contribution in [1.29, 1.82) is 0 Å². The van der Waals surface area contributed by atoms with E-state index in [0.29, 0.717) is 6.54 Å². The molecule has 0 aromatic heterocycles. The van der Waals surface area contributed by atoms with E-state index in [1.807, 2.05) is 5.90 Å². The number of rotatable bonds is 15. The number of quaternary nitrogens is 1. The molecule has 0 aliphatic rings. The third-order valence-corrected chi connectivity index (χ3v) is 3.60. The lowest BCUT2D eigenvalue weighted by Crippen LogP contribution is -2.37. The lowest BCUT2D eigenvalue weighted by Gasteiger charge is -2.02. The molecule has 0 bridgehead atoms. The van der Waals surface area contributed by atoms with Crippen LogP contribution in [0, 0.1) is 10.1 Å². The highest BCUT2D eigenvalue weighted by Gasteiger charge is 1.93. The Morgan fingerprint density at radius 1 is 0.650 bits per heavy atom. The smallest absolute Gasteiger partial charge is 0.0811 e. The number of unbranched alkanes of at least 4 members (excludes halogenated alkanes) is 13. The molecule has 0 rings (SSSR count). The normalized spacial score (nSPS) is 9.95. The van der Waals surface area contributed by atoms with Gasteiger partial charge in [-0.3, -0.25) is 0 Å². The molecule has 0 saturated carbocycles. The molecule has 0 aliphatic carbocycles. The highest BCUT2D eigenvalue weighted by atomic mass is 16.4. The summed E-state index contributed by atoms with van der Waals surface area (Å²) < 4.78 is 0. The summed E-state index contributed by atoms with van der Waals surface area (Å²) in [6.07, 6.45) is 19.0. The van der Waals surface area contributed by atoms with Crippen LogP contribution < -0.4 is 5.90 Å². The number of nitroso groups, excluding NO2 is 1. The Balaban J connectivity index is 0. The van der Waals surface area contributed by atoms with E-state index in [0.717, 1.165) is 6.42 Å². The summed E-state index contributed by atoms with van der Waals surface area (Å²) in [6.45, 7) is 2.79. The number of hydrogen-bond acceptors (Lipinski definition) is 3. The zero-order valence-corrected chi connectivity index (χ0v) is 13.6. The average molecular weight is 288 g/mol. The highest BCUT2D eigenvalue weighted by molar-refractivity contribution is 4.50. The Morgan fingerprint density at radius 3 is 1.25 bits per heavy atom. The molecule has 0 radical (unpaired) electrons. The first-order valence-corrected chi connectivity index (χ1v) is 8.49. The van der Waals surface area contributed by atoms with Gasteiger partial charge in [0.15, 0.2) is 0 Å². The van der Waals surface area contributed by atoms with Gasteiger partial charge in [-0.2, -0.15) is 4.91 Å². The van der Waals surface area contributed by atoms with Gasteiger partial charge in [-0.25, -0.2) is 0 Å². The predicted molar refractivity (Wildman–Crippen MR) is 87.2 cm³/mol. The van der Waals surface area contributed by atoms with Crippen LogP contribution in [-0.2, 0) is 0 Å². The van der Waals surface area contributed by atoms with E-state index in [1.54, 1.807) is 0 Å². The maximum Gasteiger partial charge on any atom is 0.0811 e. The molecule has 0 saturated heterocycles. The summed E-state index contributed by atoms with van der Waals surface area (Å²) in [7, 11) is 0. The van der Waals surface area contributed by atoms with Gasteiger partial charge in [0.05, 0.1) is 6.54 Å². The Labute approximate surface area is 125 Å². The lowest BCUT2D eigenvalue weighted by molar-refractivity contribution is -0.275. The van der Waals surface area contributed by atoms with E-state index in [-0.39, 0.29) is 0 Å². The Kier molecular flexibility index (Phi) is 25.7. The van der Waals surface area contributed by atoms with E-state index in [1.165, 1.54) is 83.5 Å². The Hall–Kier alpha value is -0.480. The van der Waals surface area contributed by atoms with Gasteiger partial charge < -0.3 is 11.1 Å². The van der Waals surface area contributed by atoms with E-state index < -0.39 is 0 Å². The molecule has 122 valence electrons. The molecular weight excluding hydrogens is 252 g/mol. The molecule has 0 aliphatic heterocycles. The minimum absolute atomic E-state index is 0.512. The van der Waals surface area contributed by atoms with Crippen molar-refractivity contribution in [3.63, 3.8) is 0 Å². The van der Waals surface area contributed by atoms with Crippen molar-refractivity contribution < 1.29 is 5.90 Å². The summed E-state index contributed by atoms with van der Waals surface area (Å²) >= 11 is 0. The fourth-order valence-corrected chi connectivity index (χ4v) is 2.37. The minimum Gasteiger partial charge on any atom is -0.637 e. The van der Waals surface area contributed by atoms with Crippen LogP contribution in [0.2, 0.25) is 0 Å². The van der Waals surface area contributed by atoms with Crippen molar-refractivity contribution in [2.24, 2.45) is 5.18 Å². The van der Waals surface area contributed by atoms with Crippen molar-refractivity contribution in [2.45, 2.75) is 96.8 Å². The van der Waals surface area contributed by atoms with Crippen LogP contribution in [0.25, 0.3) is 0 Å². The largest absolute Gasteiger partial charge is 0.637 e. The molecule has 0 heterocycles. The fraction of sp³-hybridized carbons (Fsp3) is 1.00. The van der Waals surface area contributed by atoms with Crippen LogP contribution in [-0.4, -0.2) is 6.54 Å². The van der Waals surface area contributed by atoms with E-state index >= 15 is 0 Å². The van der Waals surface area contributed by atoms with Crippen molar-refractivity contribution in [2.75, 3.05) is 6.54 Å². The van der Waals surface area contributed by atoms with Crippen molar-refractivity contribution >= 4 is 0 Å². The lowest BCUT2D eigenvalue weighted by atomic mass is 10.0. The second-order valence-corrected chi connectivity index (χ2v) is 5.45. The quantitative estimate of drug-likeness (QED) is 0.262. The molecular formula is C16H36N2O2. The van der Waals surface area contributed by atoms with Crippen LogP contribution in [0.15, 0.2) is 5.18 Å². The SMILES string of the molecule is CCCCCCCCCCCCCCCCN=O.[NH3+][O-].